The third-order valence-corrected chi connectivity index (χ3v) is 3.71. The molecular formula is C14H22N2O3. The summed E-state index contributed by atoms with van der Waals surface area (Å²) in [4.78, 5) is 14.1. The maximum Gasteiger partial charge on any atom is 0.287 e. The van der Waals surface area contributed by atoms with Gasteiger partial charge in [-0.05, 0) is 32.4 Å². The lowest BCUT2D eigenvalue weighted by Crippen LogP contribution is -2.45. The lowest BCUT2D eigenvalue weighted by atomic mass is 10.0. The molecule has 0 aliphatic carbocycles. The summed E-state index contributed by atoms with van der Waals surface area (Å²) in [5.41, 5.74) is 0.851. The Kier molecular flexibility index (Phi) is 4.99. The molecule has 1 aliphatic heterocycles. The standard InChI is InChI=1S/C14H22N2O3/c1-11-5-9-19-13(11)14(18)15-6-8-16-7-3-2-4-12(16)10-17/h5,9,12,17H,2-4,6-8,10H2,1H3,(H,15,18). The van der Waals surface area contributed by atoms with Crippen LogP contribution in [0.4, 0.5) is 0 Å². The molecule has 1 unspecified atom stereocenters. The number of nitrogens with zero attached hydrogens (tertiary/aromatic N) is 1. The summed E-state index contributed by atoms with van der Waals surface area (Å²) >= 11 is 0. The van der Waals surface area contributed by atoms with Crippen LogP contribution in [-0.4, -0.2) is 48.2 Å². The van der Waals surface area contributed by atoms with E-state index in [0.717, 1.165) is 25.1 Å². The van der Waals surface area contributed by atoms with Crippen molar-refractivity contribution in [2.75, 3.05) is 26.2 Å². The lowest BCUT2D eigenvalue weighted by molar-refractivity contribution is 0.0835. The number of furan rings is 1. The number of carbonyl (C=O) groups is 1. The van der Waals surface area contributed by atoms with E-state index in [1.54, 1.807) is 6.07 Å². The Morgan fingerprint density at radius 1 is 1.58 bits per heavy atom. The predicted octanol–water partition coefficient (Wildman–Crippen LogP) is 1.16. The van der Waals surface area contributed by atoms with Gasteiger partial charge in [-0.1, -0.05) is 6.42 Å². The van der Waals surface area contributed by atoms with Crippen molar-refractivity contribution in [3.8, 4) is 0 Å². The fourth-order valence-corrected chi connectivity index (χ4v) is 2.56. The summed E-state index contributed by atoms with van der Waals surface area (Å²) in [6.45, 7) is 4.41. The molecule has 0 bridgehead atoms. The van der Waals surface area contributed by atoms with Gasteiger partial charge in [-0.2, -0.15) is 0 Å². The Balaban J connectivity index is 1.77. The van der Waals surface area contributed by atoms with Gasteiger partial charge in [-0.15, -0.1) is 0 Å². The van der Waals surface area contributed by atoms with Crippen LogP contribution >= 0.6 is 0 Å². The highest BCUT2D eigenvalue weighted by atomic mass is 16.3. The Morgan fingerprint density at radius 3 is 3.11 bits per heavy atom. The number of rotatable bonds is 5. The zero-order valence-electron chi connectivity index (χ0n) is 11.4. The van der Waals surface area contributed by atoms with Crippen LogP contribution in [0.2, 0.25) is 0 Å². The van der Waals surface area contributed by atoms with Gasteiger partial charge in [-0.3, -0.25) is 9.69 Å². The maximum atomic E-state index is 11.8. The van der Waals surface area contributed by atoms with Crippen LogP contribution in [0.25, 0.3) is 0 Å². The van der Waals surface area contributed by atoms with Crippen molar-refractivity contribution in [1.29, 1.82) is 0 Å². The molecule has 0 radical (unpaired) electrons. The monoisotopic (exact) mass is 266 g/mol. The number of carbonyl (C=O) groups excluding carboxylic acids is 1. The van der Waals surface area contributed by atoms with E-state index in [1.165, 1.54) is 19.1 Å². The fraction of sp³-hybridized carbons (Fsp3) is 0.643. The molecule has 2 rings (SSSR count). The molecule has 0 spiro atoms. The molecule has 2 N–H and O–H groups in total. The van der Waals surface area contributed by atoms with Crippen molar-refractivity contribution in [2.24, 2.45) is 0 Å². The minimum absolute atomic E-state index is 0.167. The van der Waals surface area contributed by atoms with Crippen LogP contribution in [0.3, 0.4) is 0 Å². The second-order valence-electron chi connectivity index (χ2n) is 5.06. The minimum Gasteiger partial charge on any atom is -0.459 e. The maximum absolute atomic E-state index is 11.8. The van der Waals surface area contributed by atoms with Crippen molar-refractivity contribution in [3.63, 3.8) is 0 Å². The summed E-state index contributed by atoms with van der Waals surface area (Å²) in [6, 6.07) is 2.03. The zero-order valence-corrected chi connectivity index (χ0v) is 11.4. The molecule has 19 heavy (non-hydrogen) atoms. The second-order valence-corrected chi connectivity index (χ2v) is 5.06. The number of aliphatic hydroxyl groups excluding tert-OH is 1. The molecular weight excluding hydrogens is 244 g/mol. The fourth-order valence-electron chi connectivity index (χ4n) is 2.56. The van der Waals surface area contributed by atoms with Crippen LogP contribution in [0.15, 0.2) is 16.7 Å². The number of hydrogen-bond acceptors (Lipinski definition) is 4. The van der Waals surface area contributed by atoms with Crippen LogP contribution < -0.4 is 5.32 Å². The SMILES string of the molecule is Cc1ccoc1C(=O)NCCN1CCCCC1CO. The highest BCUT2D eigenvalue weighted by molar-refractivity contribution is 5.92. The molecule has 1 atom stereocenters. The first-order chi connectivity index (χ1) is 9.22. The van der Waals surface area contributed by atoms with Crippen LogP contribution in [0, 0.1) is 6.92 Å². The molecule has 1 aliphatic rings. The molecule has 1 saturated heterocycles. The normalized spacial score (nSPS) is 20.4. The van der Waals surface area contributed by atoms with Gasteiger partial charge >= 0.3 is 0 Å². The van der Waals surface area contributed by atoms with Gasteiger partial charge in [0.25, 0.3) is 5.91 Å². The van der Waals surface area contributed by atoms with Gasteiger partial charge in [0.2, 0.25) is 0 Å². The molecule has 0 saturated carbocycles. The van der Waals surface area contributed by atoms with Crippen LogP contribution in [0.5, 0.6) is 0 Å². The molecule has 2 heterocycles. The summed E-state index contributed by atoms with van der Waals surface area (Å²) < 4.78 is 5.15. The summed E-state index contributed by atoms with van der Waals surface area (Å²) in [5, 5.41) is 12.2. The molecule has 1 amide bonds. The van der Waals surface area contributed by atoms with Crippen molar-refractivity contribution < 1.29 is 14.3 Å². The van der Waals surface area contributed by atoms with Crippen molar-refractivity contribution >= 4 is 5.91 Å². The van der Waals surface area contributed by atoms with Gasteiger partial charge in [0, 0.05) is 24.7 Å². The van der Waals surface area contributed by atoms with E-state index in [9.17, 15) is 9.90 Å². The molecule has 1 fully saturated rings. The number of hydrogen-bond donors (Lipinski definition) is 2. The summed E-state index contributed by atoms with van der Waals surface area (Å²) in [7, 11) is 0. The van der Waals surface area contributed by atoms with E-state index in [1.807, 2.05) is 6.92 Å². The number of nitrogens with one attached hydrogen (secondary N) is 1. The van der Waals surface area contributed by atoms with E-state index in [-0.39, 0.29) is 18.6 Å². The smallest absolute Gasteiger partial charge is 0.287 e. The topological polar surface area (TPSA) is 65.7 Å². The molecule has 0 aromatic carbocycles. The van der Waals surface area contributed by atoms with Crippen molar-refractivity contribution in [2.45, 2.75) is 32.2 Å². The number of likely N-dealkylation sites (tertiary alicyclic amines) is 1. The number of piperidine rings is 1. The number of aliphatic hydroxyl groups is 1. The van der Waals surface area contributed by atoms with E-state index in [4.69, 9.17) is 4.42 Å². The highest BCUT2D eigenvalue weighted by Gasteiger charge is 2.21. The lowest BCUT2D eigenvalue weighted by Gasteiger charge is -2.34. The molecule has 106 valence electrons. The van der Waals surface area contributed by atoms with Gasteiger partial charge < -0.3 is 14.8 Å². The first kappa shape index (κ1) is 14.1. The number of aryl methyl sites for hydroxylation is 1. The van der Waals surface area contributed by atoms with Crippen LogP contribution in [-0.2, 0) is 0 Å². The Bertz CT molecular complexity index is 417. The molecule has 5 heteroatoms. The van der Waals surface area contributed by atoms with Gasteiger partial charge in [0.1, 0.15) is 0 Å². The summed E-state index contributed by atoms with van der Waals surface area (Å²) in [5.74, 6) is 0.220. The number of amides is 1. The molecule has 5 nitrogen and oxygen atoms in total. The van der Waals surface area contributed by atoms with E-state index in [2.05, 4.69) is 10.2 Å². The van der Waals surface area contributed by atoms with E-state index >= 15 is 0 Å². The first-order valence-electron chi connectivity index (χ1n) is 6.89. The average Bonchev–Trinajstić information content (AvgIpc) is 2.85. The highest BCUT2D eigenvalue weighted by Crippen LogP contribution is 2.15. The predicted molar refractivity (Wildman–Crippen MR) is 72.1 cm³/mol. The third-order valence-electron chi connectivity index (χ3n) is 3.71. The largest absolute Gasteiger partial charge is 0.459 e. The van der Waals surface area contributed by atoms with E-state index < -0.39 is 0 Å². The Hall–Kier alpha value is -1.33. The average molecular weight is 266 g/mol. The van der Waals surface area contributed by atoms with E-state index in [0.29, 0.717) is 12.3 Å². The second kappa shape index (κ2) is 6.73. The van der Waals surface area contributed by atoms with Gasteiger partial charge in [0.05, 0.1) is 12.9 Å². The van der Waals surface area contributed by atoms with Crippen molar-refractivity contribution in [1.82, 2.24) is 10.2 Å². The third kappa shape index (κ3) is 3.58. The minimum atomic E-state index is -0.167. The zero-order chi connectivity index (χ0) is 13.7. The van der Waals surface area contributed by atoms with Crippen LogP contribution in [0.1, 0.15) is 35.4 Å². The molecule has 1 aromatic rings. The first-order valence-corrected chi connectivity index (χ1v) is 6.89. The molecule has 1 aromatic heterocycles. The van der Waals surface area contributed by atoms with Crippen molar-refractivity contribution in [3.05, 3.63) is 23.7 Å². The van der Waals surface area contributed by atoms with Gasteiger partial charge in [-0.25, -0.2) is 0 Å². The quantitative estimate of drug-likeness (QED) is 0.839. The van der Waals surface area contributed by atoms with Gasteiger partial charge in [0.15, 0.2) is 5.76 Å². The summed E-state index contributed by atoms with van der Waals surface area (Å²) in [6.07, 6.45) is 4.92. The Morgan fingerprint density at radius 2 is 2.42 bits per heavy atom. The Labute approximate surface area is 113 Å².